The van der Waals surface area contributed by atoms with Crippen LogP contribution >= 0.6 is 0 Å². The van der Waals surface area contributed by atoms with Gasteiger partial charge in [-0.3, -0.25) is 0 Å². The van der Waals surface area contributed by atoms with Crippen molar-refractivity contribution >= 4 is 0 Å². The molecule has 1 N–H and O–H groups in total. The van der Waals surface area contributed by atoms with E-state index in [1.165, 1.54) is 24.0 Å². The number of aryl methyl sites for hydroxylation is 1. The molecule has 1 aliphatic rings. The monoisotopic (exact) mass is 300 g/mol. The minimum absolute atomic E-state index is 0.611. The molecule has 5 nitrogen and oxygen atoms in total. The third kappa shape index (κ3) is 2.49. The van der Waals surface area contributed by atoms with E-state index in [2.05, 4.69) is 53.5 Å². The first-order chi connectivity index (χ1) is 10.7. The highest BCUT2D eigenvalue weighted by Gasteiger charge is 2.31. The Morgan fingerprint density at radius 1 is 1.36 bits per heavy atom. The van der Waals surface area contributed by atoms with E-state index in [1.54, 1.807) is 7.11 Å². The molecule has 0 radical (unpaired) electrons. The lowest BCUT2D eigenvalue weighted by molar-refractivity contribution is 0.275. The van der Waals surface area contributed by atoms with Crippen LogP contribution < -0.4 is 4.74 Å². The number of aromatic amines is 1. The smallest absolute Gasteiger partial charge is 0.183 e. The number of nitrogens with one attached hydrogen (secondary N) is 1. The fraction of sp³-hybridized carbons (Fsp3) is 0.588. The van der Waals surface area contributed by atoms with Crippen molar-refractivity contribution in [2.24, 2.45) is 11.8 Å². The lowest BCUT2D eigenvalue weighted by atomic mass is 9.69. The molecule has 1 heterocycles. The summed E-state index contributed by atoms with van der Waals surface area (Å²) in [5.74, 6) is 3.58. The lowest BCUT2D eigenvalue weighted by Crippen LogP contribution is -2.24. The average molecular weight is 300 g/mol. The molecule has 2 unspecified atom stereocenters. The van der Waals surface area contributed by atoms with E-state index in [4.69, 9.17) is 4.74 Å². The zero-order valence-electron chi connectivity index (χ0n) is 13.8. The number of methoxy groups -OCH3 is 1. The number of rotatable bonds is 4. The summed E-state index contributed by atoms with van der Waals surface area (Å²) in [7, 11) is 1.71. The van der Waals surface area contributed by atoms with Gasteiger partial charge in [0.05, 0.1) is 12.7 Å². The predicted molar refractivity (Wildman–Crippen MR) is 85.8 cm³/mol. The van der Waals surface area contributed by atoms with Crippen LogP contribution in [0.25, 0.3) is 11.4 Å². The van der Waals surface area contributed by atoms with E-state index in [1.807, 2.05) is 0 Å². The lowest BCUT2D eigenvalue weighted by Gasteiger charge is -2.36. The zero-order chi connectivity index (χ0) is 15.7. The molecule has 118 valence electrons. The molecule has 0 amide bonds. The SMILES string of the molecule is CCC1c2cc(OC)c(-c3nnn[nH]3)cc2CCC1C(C)C. The van der Waals surface area contributed by atoms with Gasteiger partial charge in [0.15, 0.2) is 5.82 Å². The van der Waals surface area contributed by atoms with Crippen LogP contribution in [-0.2, 0) is 6.42 Å². The van der Waals surface area contributed by atoms with Crippen LogP contribution in [0.3, 0.4) is 0 Å². The summed E-state index contributed by atoms with van der Waals surface area (Å²) in [6.45, 7) is 6.96. The van der Waals surface area contributed by atoms with Crippen molar-refractivity contribution < 1.29 is 4.74 Å². The number of hydrogen-bond donors (Lipinski definition) is 1. The molecule has 1 aliphatic carbocycles. The number of hydrogen-bond acceptors (Lipinski definition) is 4. The Kier molecular flexibility index (Phi) is 4.14. The molecule has 3 rings (SSSR count). The first kappa shape index (κ1) is 15.0. The van der Waals surface area contributed by atoms with E-state index < -0.39 is 0 Å². The highest BCUT2D eigenvalue weighted by atomic mass is 16.5. The van der Waals surface area contributed by atoms with E-state index >= 15 is 0 Å². The van der Waals surface area contributed by atoms with Crippen molar-refractivity contribution in [2.45, 2.75) is 46.0 Å². The van der Waals surface area contributed by atoms with E-state index in [-0.39, 0.29) is 0 Å². The first-order valence-corrected chi connectivity index (χ1v) is 8.10. The number of tetrazole rings is 1. The van der Waals surface area contributed by atoms with Crippen molar-refractivity contribution in [1.82, 2.24) is 20.6 Å². The summed E-state index contributed by atoms with van der Waals surface area (Å²) >= 11 is 0. The number of aromatic nitrogens is 4. The van der Waals surface area contributed by atoms with Crippen molar-refractivity contribution in [1.29, 1.82) is 0 Å². The summed E-state index contributed by atoms with van der Waals surface area (Å²) in [6, 6.07) is 4.41. The second-order valence-corrected chi connectivity index (χ2v) is 6.46. The van der Waals surface area contributed by atoms with Crippen LogP contribution in [0.15, 0.2) is 12.1 Å². The minimum Gasteiger partial charge on any atom is -0.496 e. The fourth-order valence-corrected chi connectivity index (χ4v) is 3.90. The second kappa shape index (κ2) is 6.07. The summed E-state index contributed by atoms with van der Waals surface area (Å²) in [6.07, 6.45) is 3.54. The first-order valence-electron chi connectivity index (χ1n) is 8.10. The van der Waals surface area contributed by atoms with Gasteiger partial charge in [-0.1, -0.05) is 20.8 Å². The molecule has 5 heteroatoms. The highest BCUT2D eigenvalue weighted by Crippen LogP contribution is 2.45. The molecule has 0 bridgehead atoms. The summed E-state index contributed by atoms with van der Waals surface area (Å²) in [5.41, 5.74) is 3.81. The molecular formula is C17H24N4O. The van der Waals surface area contributed by atoms with Gasteiger partial charge in [-0.15, -0.1) is 5.10 Å². The quantitative estimate of drug-likeness (QED) is 0.937. The largest absolute Gasteiger partial charge is 0.496 e. The Balaban J connectivity index is 2.08. The number of benzene rings is 1. The van der Waals surface area contributed by atoms with Crippen LogP contribution in [0.2, 0.25) is 0 Å². The summed E-state index contributed by atoms with van der Waals surface area (Å²) in [4.78, 5) is 0. The van der Waals surface area contributed by atoms with E-state index in [0.29, 0.717) is 17.7 Å². The molecule has 0 aliphatic heterocycles. The maximum absolute atomic E-state index is 5.61. The maximum atomic E-state index is 5.61. The summed E-state index contributed by atoms with van der Waals surface area (Å²) in [5, 5.41) is 14.2. The highest BCUT2D eigenvalue weighted by molar-refractivity contribution is 5.66. The molecule has 2 atom stereocenters. The van der Waals surface area contributed by atoms with Crippen LogP contribution in [-0.4, -0.2) is 27.7 Å². The fourth-order valence-electron chi connectivity index (χ4n) is 3.90. The molecular weight excluding hydrogens is 276 g/mol. The standard InChI is InChI=1S/C17H24N4O/c1-5-12-13(10(2)3)7-6-11-8-15(17-18-20-21-19-17)16(22-4)9-14(11)12/h8-10,12-13H,5-7H2,1-4H3,(H,18,19,20,21). The van der Waals surface area contributed by atoms with E-state index in [0.717, 1.165) is 23.7 Å². The van der Waals surface area contributed by atoms with Crippen molar-refractivity contribution in [2.75, 3.05) is 7.11 Å². The van der Waals surface area contributed by atoms with Crippen molar-refractivity contribution in [3.8, 4) is 17.1 Å². The van der Waals surface area contributed by atoms with Gasteiger partial charge in [-0.2, -0.15) is 0 Å². The average Bonchev–Trinajstić information content (AvgIpc) is 3.06. The number of H-pyrrole nitrogens is 1. The molecule has 0 spiro atoms. The van der Waals surface area contributed by atoms with Gasteiger partial charge in [-0.05, 0) is 70.7 Å². The van der Waals surface area contributed by atoms with Crippen LogP contribution in [0.4, 0.5) is 0 Å². The van der Waals surface area contributed by atoms with Crippen LogP contribution in [0.1, 0.15) is 50.7 Å². The van der Waals surface area contributed by atoms with Gasteiger partial charge in [0.2, 0.25) is 0 Å². The molecule has 0 fully saturated rings. The molecule has 1 aromatic carbocycles. The van der Waals surface area contributed by atoms with Gasteiger partial charge < -0.3 is 4.74 Å². The van der Waals surface area contributed by atoms with E-state index in [9.17, 15) is 0 Å². The van der Waals surface area contributed by atoms with Crippen LogP contribution in [0, 0.1) is 11.8 Å². The zero-order valence-corrected chi connectivity index (χ0v) is 13.8. The molecule has 22 heavy (non-hydrogen) atoms. The Morgan fingerprint density at radius 3 is 2.77 bits per heavy atom. The third-order valence-corrected chi connectivity index (χ3v) is 5.02. The molecule has 0 saturated carbocycles. The van der Waals surface area contributed by atoms with Crippen molar-refractivity contribution in [3.05, 3.63) is 23.3 Å². The van der Waals surface area contributed by atoms with Gasteiger partial charge >= 0.3 is 0 Å². The predicted octanol–water partition coefficient (Wildman–Crippen LogP) is 3.59. The Labute approximate surface area is 131 Å². The summed E-state index contributed by atoms with van der Waals surface area (Å²) < 4.78 is 5.61. The van der Waals surface area contributed by atoms with Crippen LogP contribution in [0.5, 0.6) is 5.75 Å². The van der Waals surface area contributed by atoms with Gasteiger partial charge in [0.25, 0.3) is 0 Å². The van der Waals surface area contributed by atoms with Gasteiger partial charge in [0.1, 0.15) is 5.75 Å². The number of nitrogens with zero attached hydrogens (tertiary/aromatic N) is 3. The Bertz CT molecular complexity index is 636. The molecule has 1 aromatic heterocycles. The number of fused-ring (bicyclic) bond motifs is 1. The molecule has 2 aromatic rings. The van der Waals surface area contributed by atoms with Crippen molar-refractivity contribution in [3.63, 3.8) is 0 Å². The second-order valence-electron chi connectivity index (χ2n) is 6.46. The Morgan fingerprint density at radius 2 is 2.18 bits per heavy atom. The third-order valence-electron chi connectivity index (χ3n) is 5.02. The van der Waals surface area contributed by atoms with Gasteiger partial charge in [0, 0.05) is 0 Å². The topological polar surface area (TPSA) is 63.7 Å². The maximum Gasteiger partial charge on any atom is 0.183 e. The minimum atomic E-state index is 0.611. The number of ether oxygens (including phenoxy) is 1. The van der Waals surface area contributed by atoms with Gasteiger partial charge in [-0.25, -0.2) is 5.10 Å². The normalized spacial score (nSPS) is 21.0. The Hall–Kier alpha value is -1.91. The molecule has 0 saturated heterocycles.